The molecule has 208 valence electrons. The van der Waals surface area contributed by atoms with Crippen LogP contribution in [0.15, 0.2) is 176 Å². The largest absolute Gasteiger partial charge is 0.311 e. The van der Waals surface area contributed by atoms with E-state index in [9.17, 15) is 0 Å². The van der Waals surface area contributed by atoms with Crippen LogP contribution < -0.4 is 4.90 Å². The zero-order chi connectivity index (χ0) is 29.3. The molecule has 0 bridgehead atoms. The van der Waals surface area contributed by atoms with Gasteiger partial charge in [0.15, 0.2) is 0 Å². The van der Waals surface area contributed by atoms with Gasteiger partial charge in [-0.1, -0.05) is 121 Å². The molecular weight excluding hydrogens is 551 g/mol. The summed E-state index contributed by atoms with van der Waals surface area (Å²) < 4.78 is 2.65. The van der Waals surface area contributed by atoms with Crippen molar-refractivity contribution in [2.24, 2.45) is 0 Å². The van der Waals surface area contributed by atoms with Gasteiger partial charge in [-0.25, -0.2) is 0 Å². The van der Waals surface area contributed by atoms with Crippen molar-refractivity contribution in [3.63, 3.8) is 0 Å². The van der Waals surface area contributed by atoms with Crippen LogP contribution in [-0.2, 0) is 0 Å². The normalized spacial score (nSPS) is 11.2. The molecule has 0 unspecified atom stereocenters. The van der Waals surface area contributed by atoms with Gasteiger partial charge in [-0.05, 0) is 88.0 Å². The van der Waals surface area contributed by atoms with Gasteiger partial charge in [0, 0.05) is 37.2 Å². The summed E-state index contributed by atoms with van der Waals surface area (Å²) in [6, 6.07) is 63.2. The predicted molar refractivity (Wildman–Crippen MR) is 190 cm³/mol. The van der Waals surface area contributed by atoms with Crippen molar-refractivity contribution in [1.82, 2.24) is 0 Å². The van der Waals surface area contributed by atoms with E-state index < -0.39 is 0 Å². The Kier molecular flexibility index (Phi) is 6.75. The number of hydrogen-bond donors (Lipinski definition) is 0. The van der Waals surface area contributed by atoms with Gasteiger partial charge in [0.05, 0.1) is 0 Å². The fourth-order valence-corrected chi connectivity index (χ4v) is 7.24. The number of nitrogens with zero attached hydrogens (tertiary/aromatic N) is 1. The SMILES string of the molecule is c1ccc(-c2cc3c(cc2-c2ccc(-c4ccc(N(c5ccccc5)c5ccccc5)cc4)cc2)sc2ccccc23)cc1. The van der Waals surface area contributed by atoms with Crippen molar-refractivity contribution in [2.75, 3.05) is 4.90 Å². The molecule has 0 atom stereocenters. The van der Waals surface area contributed by atoms with E-state index in [-0.39, 0.29) is 0 Å². The van der Waals surface area contributed by atoms with Crippen molar-refractivity contribution >= 4 is 48.6 Å². The smallest absolute Gasteiger partial charge is 0.0462 e. The fraction of sp³-hybridized carbons (Fsp3) is 0. The summed E-state index contributed by atoms with van der Waals surface area (Å²) in [5.74, 6) is 0. The molecule has 1 heterocycles. The highest BCUT2D eigenvalue weighted by atomic mass is 32.1. The van der Waals surface area contributed by atoms with Crippen LogP contribution in [0, 0.1) is 0 Å². The first-order valence-electron chi connectivity index (χ1n) is 14.9. The molecule has 0 saturated carbocycles. The van der Waals surface area contributed by atoms with E-state index in [1.54, 1.807) is 0 Å². The molecule has 0 aliphatic heterocycles. The molecule has 0 radical (unpaired) electrons. The minimum absolute atomic E-state index is 1.13. The zero-order valence-electron chi connectivity index (χ0n) is 24.1. The molecule has 0 aliphatic carbocycles. The Morgan fingerprint density at radius 1 is 0.318 bits per heavy atom. The molecule has 44 heavy (non-hydrogen) atoms. The van der Waals surface area contributed by atoms with E-state index in [2.05, 4.69) is 181 Å². The number of fused-ring (bicyclic) bond motifs is 3. The summed E-state index contributed by atoms with van der Waals surface area (Å²) in [7, 11) is 0. The highest BCUT2D eigenvalue weighted by Gasteiger charge is 2.15. The molecule has 1 aromatic heterocycles. The molecule has 0 saturated heterocycles. The summed E-state index contributed by atoms with van der Waals surface area (Å²) in [4.78, 5) is 2.29. The van der Waals surface area contributed by atoms with Gasteiger partial charge >= 0.3 is 0 Å². The van der Waals surface area contributed by atoms with E-state index in [0.29, 0.717) is 0 Å². The van der Waals surface area contributed by atoms with Crippen molar-refractivity contribution < 1.29 is 0 Å². The lowest BCUT2D eigenvalue weighted by Crippen LogP contribution is -2.09. The van der Waals surface area contributed by atoms with E-state index in [1.807, 2.05) is 11.3 Å². The second-order valence-electron chi connectivity index (χ2n) is 11.0. The second-order valence-corrected chi connectivity index (χ2v) is 12.1. The van der Waals surface area contributed by atoms with Crippen LogP contribution >= 0.6 is 11.3 Å². The number of para-hydroxylation sites is 2. The van der Waals surface area contributed by atoms with Gasteiger partial charge < -0.3 is 4.90 Å². The maximum absolute atomic E-state index is 2.39. The monoisotopic (exact) mass is 579 g/mol. The predicted octanol–water partition coefficient (Wildman–Crippen LogP) is 12.5. The lowest BCUT2D eigenvalue weighted by Gasteiger charge is -2.25. The Morgan fingerprint density at radius 2 is 0.773 bits per heavy atom. The Hall–Kier alpha value is -5.44. The fourth-order valence-electron chi connectivity index (χ4n) is 6.11. The molecule has 7 aromatic carbocycles. The van der Waals surface area contributed by atoms with Crippen LogP contribution in [0.3, 0.4) is 0 Å². The second kappa shape index (κ2) is 11.3. The average Bonchev–Trinajstić information content (AvgIpc) is 3.47. The first-order valence-corrected chi connectivity index (χ1v) is 15.8. The Bertz CT molecular complexity index is 2140. The first kappa shape index (κ1) is 26.2. The van der Waals surface area contributed by atoms with Gasteiger partial charge in [-0.2, -0.15) is 0 Å². The number of anilines is 3. The number of thiophene rings is 1. The molecule has 8 aromatic rings. The Labute approximate surface area is 261 Å². The summed E-state index contributed by atoms with van der Waals surface area (Å²) in [5, 5.41) is 2.65. The van der Waals surface area contributed by atoms with Crippen LogP contribution in [-0.4, -0.2) is 0 Å². The maximum atomic E-state index is 2.39. The Morgan fingerprint density at radius 3 is 1.41 bits per heavy atom. The van der Waals surface area contributed by atoms with E-state index in [4.69, 9.17) is 0 Å². The minimum Gasteiger partial charge on any atom is -0.311 e. The molecule has 8 rings (SSSR count). The molecule has 0 fully saturated rings. The zero-order valence-corrected chi connectivity index (χ0v) is 24.9. The third-order valence-corrected chi connectivity index (χ3v) is 9.42. The van der Waals surface area contributed by atoms with Crippen LogP contribution in [0.25, 0.3) is 53.6 Å². The molecule has 2 heteroatoms. The first-order chi connectivity index (χ1) is 21.8. The van der Waals surface area contributed by atoms with Gasteiger partial charge in [-0.3, -0.25) is 0 Å². The third-order valence-electron chi connectivity index (χ3n) is 8.29. The lowest BCUT2D eigenvalue weighted by atomic mass is 9.92. The summed E-state index contributed by atoms with van der Waals surface area (Å²) >= 11 is 1.87. The molecule has 0 amide bonds. The van der Waals surface area contributed by atoms with Gasteiger partial charge in [0.1, 0.15) is 0 Å². The molecule has 1 nitrogen and oxygen atoms in total. The number of rotatable bonds is 6. The van der Waals surface area contributed by atoms with Gasteiger partial charge in [-0.15, -0.1) is 11.3 Å². The van der Waals surface area contributed by atoms with Gasteiger partial charge in [0.2, 0.25) is 0 Å². The highest BCUT2D eigenvalue weighted by molar-refractivity contribution is 7.25. The van der Waals surface area contributed by atoms with Crippen LogP contribution in [0.5, 0.6) is 0 Å². The van der Waals surface area contributed by atoms with Gasteiger partial charge in [0.25, 0.3) is 0 Å². The van der Waals surface area contributed by atoms with Crippen LogP contribution in [0.1, 0.15) is 0 Å². The maximum Gasteiger partial charge on any atom is 0.0462 e. The number of hydrogen-bond acceptors (Lipinski definition) is 2. The average molecular weight is 580 g/mol. The van der Waals surface area contributed by atoms with E-state index in [1.165, 1.54) is 53.6 Å². The van der Waals surface area contributed by atoms with E-state index in [0.717, 1.165) is 17.1 Å². The van der Waals surface area contributed by atoms with Crippen LogP contribution in [0.4, 0.5) is 17.1 Å². The summed E-state index contributed by atoms with van der Waals surface area (Å²) in [6.45, 7) is 0. The standard InChI is InChI=1S/C42H29NS/c1-4-12-32(13-5-1)38-28-40-37-18-10-11-19-41(37)44-42(40)29-39(38)33-22-20-30(21-23-33)31-24-26-36(27-25-31)43(34-14-6-2-7-15-34)35-16-8-3-9-17-35/h1-29H. The van der Waals surface area contributed by atoms with E-state index >= 15 is 0 Å². The minimum atomic E-state index is 1.13. The Balaban J connectivity index is 1.16. The molecular formula is C42H29NS. The molecule has 0 aliphatic rings. The summed E-state index contributed by atoms with van der Waals surface area (Å²) in [5.41, 5.74) is 10.8. The van der Waals surface area contributed by atoms with Crippen molar-refractivity contribution in [2.45, 2.75) is 0 Å². The van der Waals surface area contributed by atoms with Crippen molar-refractivity contribution in [1.29, 1.82) is 0 Å². The van der Waals surface area contributed by atoms with Crippen molar-refractivity contribution in [3.8, 4) is 33.4 Å². The highest BCUT2D eigenvalue weighted by Crippen LogP contribution is 2.42. The topological polar surface area (TPSA) is 3.24 Å². The van der Waals surface area contributed by atoms with Crippen molar-refractivity contribution in [3.05, 3.63) is 176 Å². The quantitative estimate of drug-likeness (QED) is 0.189. The molecule has 0 spiro atoms. The number of benzene rings is 7. The molecule has 0 N–H and O–H groups in total. The third kappa shape index (κ3) is 4.86. The lowest BCUT2D eigenvalue weighted by molar-refractivity contribution is 1.28. The summed E-state index contributed by atoms with van der Waals surface area (Å²) in [6.07, 6.45) is 0. The van der Waals surface area contributed by atoms with Crippen LogP contribution in [0.2, 0.25) is 0 Å².